The molecule has 4 heteroatoms. The fraction of sp³-hybridized carbons (Fsp3) is 0.222. The molecule has 2 aromatic carbocycles. The molecule has 0 spiro atoms. The highest BCUT2D eigenvalue weighted by Crippen LogP contribution is 2.40. The van der Waals surface area contributed by atoms with E-state index in [1.54, 1.807) is 12.1 Å². The van der Waals surface area contributed by atoms with Gasteiger partial charge in [0.1, 0.15) is 0 Å². The molecule has 0 heterocycles. The monoisotopic (exact) mass is 291 g/mol. The molecule has 3 N–H and O–H groups in total. The number of nitriles is 1. The summed E-state index contributed by atoms with van der Waals surface area (Å²) in [4.78, 5) is 11.1. The summed E-state index contributed by atoms with van der Waals surface area (Å²) in [5.74, 6) is 0.259. The second kappa shape index (κ2) is 5.90. The van der Waals surface area contributed by atoms with Crippen LogP contribution in [0.3, 0.4) is 0 Å². The van der Waals surface area contributed by atoms with E-state index in [0.29, 0.717) is 11.6 Å². The van der Waals surface area contributed by atoms with Gasteiger partial charge in [-0.3, -0.25) is 0 Å². The maximum absolute atomic E-state index is 11.1. The van der Waals surface area contributed by atoms with E-state index in [2.05, 4.69) is 23.5 Å². The Morgan fingerprint density at radius 1 is 1.18 bits per heavy atom. The SMILES string of the molecule is N#CC(c1ccc(C2CC2)cc1)c1ccccc1NC(N)=O. The van der Waals surface area contributed by atoms with Crippen molar-refractivity contribution in [1.29, 1.82) is 5.26 Å². The minimum Gasteiger partial charge on any atom is -0.351 e. The third-order valence-electron chi connectivity index (χ3n) is 3.98. The van der Waals surface area contributed by atoms with Gasteiger partial charge < -0.3 is 11.1 Å². The number of para-hydroxylation sites is 1. The van der Waals surface area contributed by atoms with Gasteiger partial charge in [0, 0.05) is 5.69 Å². The summed E-state index contributed by atoms with van der Waals surface area (Å²) in [6.45, 7) is 0. The van der Waals surface area contributed by atoms with E-state index in [0.717, 1.165) is 11.1 Å². The summed E-state index contributed by atoms with van der Waals surface area (Å²) in [5.41, 5.74) is 8.79. The molecule has 1 fully saturated rings. The van der Waals surface area contributed by atoms with Crippen molar-refractivity contribution in [3.63, 3.8) is 0 Å². The minimum absolute atomic E-state index is 0.434. The quantitative estimate of drug-likeness (QED) is 0.900. The molecular formula is C18H17N3O. The summed E-state index contributed by atoms with van der Waals surface area (Å²) >= 11 is 0. The van der Waals surface area contributed by atoms with Crippen LogP contribution in [-0.2, 0) is 0 Å². The number of nitrogens with zero attached hydrogens (tertiary/aromatic N) is 1. The van der Waals surface area contributed by atoms with E-state index in [-0.39, 0.29) is 0 Å². The van der Waals surface area contributed by atoms with Gasteiger partial charge in [-0.1, -0.05) is 42.5 Å². The number of anilines is 1. The van der Waals surface area contributed by atoms with Gasteiger partial charge in [-0.25, -0.2) is 4.79 Å². The second-order valence-electron chi connectivity index (χ2n) is 5.58. The molecule has 1 saturated carbocycles. The van der Waals surface area contributed by atoms with Crippen LogP contribution >= 0.6 is 0 Å². The normalized spacial score (nSPS) is 14.9. The molecule has 3 rings (SSSR count). The lowest BCUT2D eigenvalue weighted by atomic mass is 9.90. The number of urea groups is 1. The third kappa shape index (κ3) is 2.94. The zero-order valence-corrected chi connectivity index (χ0v) is 12.1. The molecule has 4 nitrogen and oxygen atoms in total. The Balaban J connectivity index is 1.93. The average molecular weight is 291 g/mol. The standard InChI is InChI=1S/C18H17N3O/c19-11-16(14-9-7-13(8-10-14)12-5-6-12)15-3-1-2-4-17(15)21-18(20)22/h1-4,7-10,12,16H,5-6H2,(H3,20,21,22). The van der Waals surface area contributed by atoms with Gasteiger partial charge in [-0.05, 0) is 41.5 Å². The Morgan fingerprint density at radius 2 is 1.86 bits per heavy atom. The molecule has 1 aliphatic carbocycles. The molecule has 110 valence electrons. The zero-order valence-electron chi connectivity index (χ0n) is 12.1. The van der Waals surface area contributed by atoms with Gasteiger partial charge in [-0.15, -0.1) is 0 Å². The van der Waals surface area contributed by atoms with Crippen molar-refractivity contribution in [2.45, 2.75) is 24.7 Å². The van der Waals surface area contributed by atoms with Crippen LogP contribution < -0.4 is 11.1 Å². The summed E-state index contributed by atoms with van der Waals surface area (Å²) < 4.78 is 0. The summed E-state index contributed by atoms with van der Waals surface area (Å²) in [7, 11) is 0. The molecule has 1 aliphatic rings. The molecule has 2 aromatic rings. The number of benzene rings is 2. The number of rotatable bonds is 4. The molecule has 1 atom stereocenters. The maximum Gasteiger partial charge on any atom is 0.316 e. The van der Waals surface area contributed by atoms with Crippen LogP contribution in [0.5, 0.6) is 0 Å². The van der Waals surface area contributed by atoms with E-state index in [1.165, 1.54) is 18.4 Å². The van der Waals surface area contributed by atoms with E-state index in [4.69, 9.17) is 5.73 Å². The Bertz CT molecular complexity index is 727. The first-order valence-electron chi connectivity index (χ1n) is 7.34. The lowest BCUT2D eigenvalue weighted by molar-refractivity contribution is 0.259. The molecule has 0 aliphatic heterocycles. The number of carbonyl (C=O) groups is 1. The molecule has 2 amide bonds. The summed E-state index contributed by atoms with van der Waals surface area (Å²) in [5, 5.41) is 12.2. The fourth-order valence-electron chi connectivity index (χ4n) is 2.70. The molecule has 0 aromatic heterocycles. The topological polar surface area (TPSA) is 78.9 Å². The van der Waals surface area contributed by atoms with Crippen molar-refractivity contribution in [2.24, 2.45) is 5.73 Å². The Morgan fingerprint density at radius 3 is 2.45 bits per heavy atom. The minimum atomic E-state index is -0.631. The maximum atomic E-state index is 11.1. The Labute approximate surface area is 129 Å². The van der Waals surface area contributed by atoms with E-state index in [9.17, 15) is 10.1 Å². The summed E-state index contributed by atoms with van der Waals surface area (Å²) in [6, 6.07) is 17.1. The highest BCUT2D eigenvalue weighted by atomic mass is 16.2. The van der Waals surface area contributed by atoms with Crippen molar-refractivity contribution < 1.29 is 4.79 Å². The molecular weight excluding hydrogens is 274 g/mol. The van der Waals surface area contributed by atoms with Crippen LogP contribution in [0.4, 0.5) is 10.5 Å². The second-order valence-corrected chi connectivity index (χ2v) is 5.58. The smallest absolute Gasteiger partial charge is 0.316 e. The van der Waals surface area contributed by atoms with Gasteiger partial charge in [0.15, 0.2) is 0 Å². The number of nitrogens with two attached hydrogens (primary N) is 1. The van der Waals surface area contributed by atoms with Crippen LogP contribution in [0.25, 0.3) is 0 Å². The predicted octanol–water partition coefficient (Wildman–Crippen LogP) is 3.71. The first-order chi connectivity index (χ1) is 10.7. The number of carbonyl (C=O) groups excluding carboxylic acids is 1. The number of hydrogen-bond acceptors (Lipinski definition) is 2. The van der Waals surface area contributed by atoms with Crippen molar-refractivity contribution >= 4 is 11.7 Å². The van der Waals surface area contributed by atoms with Crippen LogP contribution in [-0.4, -0.2) is 6.03 Å². The third-order valence-corrected chi connectivity index (χ3v) is 3.98. The van der Waals surface area contributed by atoms with Crippen LogP contribution in [0.2, 0.25) is 0 Å². The predicted molar refractivity (Wildman–Crippen MR) is 85.5 cm³/mol. The van der Waals surface area contributed by atoms with Crippen molar-refractivity contribution in [3.8, 4) is 6.07 Å². The number of hydrogen-bond donors (Lipinski definition) is 2. The van der Waals surface area contributed by atoms with Crippen LogP contribution in [0.15, 0.2) is 48.5 Å². The average Bonchev–Trinajstić information content (AvgIpc) is 3.35. The van der Waals surface area contributed by atoms with Crippen molar-refractivity contribution in [2.75, 3.05) is 5.32 Å². The zero-order chi connectivity index (χ0) is 15.5. The van der Waals surface area contributed by atoms with Gasteiger partial charge in [0.25, 0.3) is 0 Å². The highest BCUT2D eigenvalue weighted by Gasteiger charge is 2.24. The molecule has 0 saturated heterocycles. The van der Waals surface area contributed by atoms with E-state index >= 15 is 0 Å². The first-order valence-corrected chi connectivity index (χ1v) is 7.34. The Hall–Kier alpha value is -2.80. The Kier molecular flexibility index (Phi) is 3.80. The highest BCUT2D eigenvalue weighted by molar-refractivity contribution is 5.89. The summed E-state index contributed by atoms with van der Waals surface area (Å²) in [6.07, 6.45) is 2.51. The number of amides is 2. The van der Waals surface area contributed by atoms with Gasteiger partial charge >= 0.3 is 6.03 Å². The molecule has 0 radical (unpaired) electrons. The van der Waals surface area contributed by atoms with Gasteiger partial charge in [0.05, 0.1) is 12.0 Å². The van der Waals surface area contributed by atoms with E-state index < -0.39 is 11.9 Å². The van der Waals surface area contributed by atoms with Gasteiger partial charge in [0.2, 0.25) is 0 Å². The molecule has 1 unspecified atom stereocenters. The largest absolute Gasteiger partial charge is 0.351 e. The lowest BCUT2D eigenvalue weighted by Crippen LogP contribution is -2.20. The lowest BCUT2D eigenvalue weighted by Gasteiger charge is -2.15. The number of primary amides is 1. The molecule has 22 heavy (non-hydrogen) atoms. The number of nitrogens with one attached hydrogen (secondary N) is 1. The van der Waals surface area contributed by atoms with Crippen molar-refractivity contribution in [1.82, 2.24) is 0 Å². The van der Waals surface area contributed by atoms with E-state index in [1.807, 2.05) is 24.3 Å². The van der Waals surface area contributed by atoms with Crippen LogP contribution in [0.1, 0.15) is 41.4 Å². The van der Waals surface area contributed by atoms with Crippen LogP contribution in [0, 0.1) is 11.3 Å². The molecule has 0 bridgehead atoms. The van der Waals surface area contributed by atoms with Gasteiger partial charge in [-0.2, -0.15) is 5.26 Å². The first kappa shape index (κ1) is 14.2. The van der Waals surface area contributed by atoms with Crippen molar-refractivity contribution in [3.05, 3.63) is 65.2 Å². The fourth-order valence-corrected chi connectivity index (χ4v) is 2.70.